The minimum atomic E-state index is -0.987. The van der Waals surface area contributed by atoms with Crippen LogP contribution in [0.2, 0.25) is 5.02 Å². The second kappa shape index (κ2) is 6.61. The lowest BCUT2D eigenvalue weighted by atomic mass is 10.2. The SMILES string of the molecule is CCN(CC(=O)O)C(=O)CCc1cc(Cl)cs1. The normalized spacial score (nSPS) is 10.2. The Morgan fingerprint density at radius 2 is 2.24 bits per heavy atom. The molecule has 0 saturated carbocycles. The van der Waals surface area contributed by atoms with Crippen molar-refractivity contribution in [2.45, 2.75) is 19.8 Å². The van der Waals surface area contributed by atoms with Gasteiger partial charge >= 0.3 is 5.97 Å². The second-order valence-electron chi connectivity index (χ2n) is 3.53. The van der Waals surface area contributed by atoms with Gasteiger partial charge in [-0.3, -0.25) is 9.59 Å². The van der Waals surface area contributed by atoms with Crippen molar-refractivity contribution in [1.82, 2.24) is 4.90 Å². The summed E-state index contributed by atoms with van der Waals surface area (Å²) in [6, 6.07) is 1.83. The molecule has 1 N–H and O–H groups in total. The van der Waals surface area contributed by atoms with Gasteiger partial charge in [0.05, 0.1) is 5.02 Å². The average molecular weight is 276 g/mol. The molecule has 0 aliphatic heterocycles. The summed E-state index contributed by atoms with van der Waals surface area (Å²) < 4.78 is 0. The summed E-state index contributed by atoms with van der Waals surface area (Å²) in [7, 11) is 0. The molecule has 0 unspecified atom stereocenters. The highest BCUT2D eigenvalue weighted by Gasteiger charge is 2.14. The number of likely N-dealkylation sites (N-methyl/N-ethyl adjacent to an activating group) is 1. The van der Waals surface area contributed by atoms with E-state index in [0.717, 1.165) is 4.88 Å². The summed E-state index contributed by atoms with van der Waals surface area (Å²) in [6.07, 6.45) is 0.921. The highest BCUT2D eigenvalue weighted by molar-refractivity contribution is 7.10. The van der Waals surface area contributed by atoms with Crippen LogP contribution in [0.3, 0.4) is 0 Å². The Hall–Kier alpha value is -1.07. The van der Waals surface area contributed by atoms with Crippen molar-refractivity contribution in [3.8, 4) is 0 Å². The molecule has 0 radical (unpaired) electrons. The number of aryl methyl sites for hydroxylation is 1. The van der Waals surface area contributed by atoms with E-state index in [1.165, 1.54) is 16.2 Å². The molecule has 1 heterocycles. The van der Waals surface area contributed by atoms with Crippen LogP contribution in [0.5, 0.6) is 0 Å². The van der Waals surface area contributed by atoms with E-state index in [1.54, 1.807) is 6.92 Å². The third-order valence-electron chi connectivity index (χ3n) is 2.27. The van der Waals surface area contributed by atoms with E-state index >= 15 is 0 Å². The molecule has 0 spiro atoms. The lowest BCUT2D eigenvalue weighted by Gasteiger charge is -2.18. The van der Waals surface area contributed by atoms with E-state index in [9.17, 15) is 9.59 Å². The van der Waals surface area contributed by atoms with E-state index in [2.05, 4.69) is 0 Å². The van der Waals surface area contributed by atoms with Gasteiger partial charge in [0, 0.05) is 23.2 Å². The molecular formula is C11H14ClNO3S. The maximum atomic E-state index is 11.7. The molecule has 17 heavy (non-hydrogen) atoms. The third kappa shape index (κ3) is 4.75. The van der Waals surface area contributed by atoms with Crippen LogP contribution in [-0.2, 0) is 16.0 Å². The minimum absolute atomic E-state index is 0.139. The summed E-state index contributed by atoms with van der Waals surface area (Å²) in [5, 5.41) is 11.1. The highest BCUT2D eigenvalue weighted by atomic mass is 35.5. The molecule has 4 nitrogen and oxygen atoms in total. The van der Waals surface area contributed by atoms with Gasteiger partial charge in [0.15, 0.2) is 0 Å². The van der Waals surface area contributed by atoms with E-state index < -0.39 is 5.97 Å². The van der Waals surface area contributed by atoms with E-state index in [-0.39, 0.29) is 12.5 Å². The standard InChI is InChI=1S/C11H14ClNO3S/c1-2-13(6-11(15)16)10(14)4-3-9-5-8(12)7-17-9/h5,7H,2-4,6H2,1H3,(H,15,16). The number of carboxylic acid groups (broad SMARTS) is 1. The van der Waals surface area contributed by atoms with Crippen molar-refractivity contribution in [3.63, 3.8) is 0 Å². The van der Waals surface area contributed by atoms with Crippen molar-refractivity contribution in [2.24, 2.45) is 0 Å². The lowest BCUT2D eigenvalue weighted by molar-refractivity contribution is -0.144. The van der Waals surface area contributed by atoms with Gasteiger partial charge in [-0.1, -0.05) is 11.6 Å². The van der Waals surface area contributed by atoms with Crippen LogP contribution in [0.4, 0.5) is 0 Å². The molecule has 6 heteroatoms. The van der Waals surface area contributed by atoms with Gasteiger partial charge in [-0.15, -0.1) is 11.3 Å². The minimum Gasteiger partial charge on any atom is -0.480 e. The van der Waals surface area contributed by atoms with Gasteiger partial charge in [-0.2, -0.15) is 0 Å². The van der Waals surface area contributed by atoms with E-state index in [1.807, 2.05) is 11.4 Å². The number of carbonyl (C=O) groups excluding carboxylic acids is 1. The quantitative estimate of drug-likeness (QED) is 0.866. The molecular weight excluding hydrogens is 262 g/mol. The first-order chi connectivity index (χ1) is 8.02. The van der Waals surface area contributed by atoms with Gasteiger partial charge < -0.3 is 10.0 Å². The fraction of sp³-hybridized carbons (Fsp3) is 0.455. The van der Waals surface area contributed by atoms with Crippen LogP contribution < -0.4 is 0 Å². The first kappa shape index (κ1) is 14.0. The number of carbonyl (C=O) groups is 2. The third-order valence-corrected chi connectivity index (χ3v) is 3.61. The second-order valence-corrected chi connectivity index (χ2v) is 4.97. The summed E-state index contributed by atoms with van der Waals surface area (Å²) >= 11 is 7.28. The molecule has 0 atom stereocenters. The predicted octanol–water partition coefficient (Wildman–Crippen LogP) is 2.27. The van der Waals surface area contributed by atoms with E-state index in [4.69, 9.17) is 16.7 Å². The summed E-state index contributed by atoms with van der Waals surface area (Å²) in [6.45, 7) is 1.94. The molecule has 0 fully saturated rings. The van der Waals surface area contributed by atoms with Gasteiger partial charge in [0.2, 0.25) is 5.91 Å². The Labute approximate surface area is 109 Å². The number of halogens is 1. The number of hydrogen-bond donors (Lipinski definition) is 1. The summed E-state index contributed by atoms with van der Waals surface area (Å²) in [5.74, 6) is -1.13. The number of carboxylic acids is 1. The number of nitrogens with zero attached hydrogens (tertiary/aromatic N) is 1. The first-order valence-electron chi connectivity index (χ1n) is 5.25. The van der Waals surface area contributed by atoms with Gasteiger partial charge in [-0.05, 0) is 19.4 Å². The molecule has 1 aromatic rings. The van der Waals surface area contributed by atoms with Crippen molar-refractivity contribution in [3.05, 3.63) is 21.3 Å². The van der Waals surface area contributed by atoms with Crippen LogP contribution >= 0.6 is 22.9 Å². The van der Waals surface area contributed by atoms with E-state index in [0.29, 0.717) is 24.4 Å². The van der Waals surface area contributed by atoms with Gasteiger partial charge in [0.1, 0.15) is 6.54 Å². The Balaban J connectivity index is 2.44. The zero-order chi connectivity index (χ0) is 12.8. The topological polar surface area (TPSA) is 57.6 Å². The van der Waals surface area contributed by atoms with Crippen LogP contribution in [0.15, 0.2) is 11.4 Å². The predicted molar refractivity (Wildman–Crippen MR) is 67.5 cm³/mol. The molecule has 0 aliphatic rings. The molecule has 1 aromatic heterocycles. The molecule has 0 aliphatic carbocycles. The summed E-state index contributed by atoms with van der Waals surface area (Å²) in [4.78, 5) is 24.6. The molecule has 0 saturated heterocycles. The number of thiophene rings is 1. The van der Waals surface area contributed by atoms with Crippen molar-refractivity contribution < 1.29 is 14.7 Å². The molecule has 1 amide bonds. The smallest absolute Gasteiger partial charge is 0.323 e. The number of aliphatic carboxylic acids is 1. The Morgan fingerprint density at radius 3 is 2.71 bits per heavy atom. The first-order valence-corrected chi connectivity index (χ1v) is 6.51. The maximum Gasteiger partial charge on any atom is 0.323 e. The summed E-state index contributed by atoms with van der Waals surface area (Å²) in [5.41, 5.74) is 0. The Bertz CT molecular complexity index is 405. The molecule has 94 valence electrons. The van der Waals surface area contributed by atoms with Crippen LogP contribution in [0.25, 0.3) is 0 Å². The number of hydrogen-bond acceptors (Lipinski definition) is 3. The Kier molecular flexibility index (Phi) is 5.44. The van der Waals surface area contributed by atoms with Gasteiger partial charge in [-0.25, -0.2) is 0 Å². The lowest BCUT2D eigenvalue weighted by Crippen LogP contribution is -2.35. The zero-order valence-electron chi connectivity index (χ0n) is 9.48. The van der Waals surface area contributed by atoms with Crippen molar-refractivity contribution in [1.29, 1.82) is 0 Å². The largest absolute Gasteiger partial charge is 0.480 e. The fourth-order valence-corrected chi connectivity index (χ4v) is 2.49. The number of amides is 1. The van der Waals surface area contributed by atoms with Crippen molar-refractivity contribution in [2.75, 3.05) is 13.1 Å². The van der Waals surface area contributed by atoms with Crippen molar-refractivity contribution >= 4 is 34.8 Å². The highest BCUT2D eigenvalue weighted by Crippen LogP contribution is 2.20. The Morgan fingerprint density at radius 1 is 1.53 bits per heavy atom. The average Bonchev–Trinajstić information content (AvgIpc) is 2.68. The fourth-order valence-electron chi connectivity index (χ4n) is 1.41. The van der Waals surface area contributed by atoms with Gasteiger partial charge in [0.25, 0.3) is 0 Å². The molecule has 1 rings (SSSR count). The van der Waals surface area contributed by atoms with Crippen LogP contribution in [-0.4, -0.2) is 35.0 Å². The maximum absolute atomic E-state index is 11.7. The monoisotopic (exact) mass is 275 g/mol. The van der Waals surface area contributed by atoms with Crippen LogP contribution in [0.1, 0.15) is 18.2 Å². The van der Waals surface area contributed by atoms with Crippen LogP contribution in [0, 0.1) is 0 Å². The number of rotatable bonds is 6. The zero-order valence-corrected chi connectivity index (χ0v) is 11.1. The molecule has 0 aromatic carbocycles. The molecule has 0 bridgehead atoms.